The lowest BCUT2D eigenvalue weighted by molar-refractivity contribution is 0.0661. The first-order valence-electron chi connectivity index (χ1n) is 6.11. The maximum atomic E-state index is 12.1. The summed E-state index contributed by atoms with van der Waals surface area (Å²) in [6.07, 6.45) is 2.10. The summed E-state index contributed by atoms with van der Waals surface area (Å²) in [7, 11) is -2.04. The second kappa shape index (κ2) is 5.70. The number of aryl methyl sites for hydroxylation is 2. The molecule has 0 atom stereocenters. The number of furan rings is 1. The van der Waals surface area contributed by atoms with E-state index in [1.54, 1.807) is 24.0 Å². The number of hydrogen-bond acceptors (Lipinski definition) is 5. The minimum atomic E-state index is -3.81. The molecule has 0 aliphatic rings. The van der Waals surface area contributed by atoms with Crippen molar-refractivity contribution in [3.05, 3.63) is 35.5 Å². The van der Waals surface area contributed by atoms with Gasteiger partial charge in [-0.2, -0.15) is 5.10 Å². The molecule has 0 fully saturated rings. The van der Waals surface area contributed by atoms with Gasteiger partial charge in [-0.25, -0.2) is 17.9 Å². The summed E-state index contributed by atoms with van der Waals surface area (Å²) in [5.74, 6) is -1.67. The number of aromatic nitrogens is 2. The lowest BCUT2D eigenvalue weighted by Gasteiger charge is -2.05. The third-order valence-corrected chi connectivity index (χ3v) is 4.54. The van der Waals surface area contributed by atoms with E-state index in [0.717, 1.165) is 11.8 Å². The fraction of sp³-hybridized carbons (Fsp3) is 0.333. The molecule has 0 amide bonds. The Labute approximate surface area is 121 Å². The zero-order valence-corrected chi connectivity index (χ0v) is 12.3. The van der Waals surface area contributed by atoms with Crippen molar-refractivity contribution in [1.29, 1.82) is 0 Å². The number of carbonyl (C=O) groups is 1. The van der Waals surface area contributed by atoms with Gasteiger partial charge >= 0.3 is 5.97 Å². The molecule has 0 aliphatic heterocycles. The van der Waals surface area contributed by atoms with Crippen molar-refractivity contribution in [3.8, 4) is 0 Å². The highest BCUT2D eigenvalue weighted by Crippen LogP contribution is 2.19. The molecular weight excluding hydrogens is 298 g/mol. The van der Waals surface area contributed by atoms with Crippen molar-refractivity contribution in [2.24, 2.45) is 7.05 Å². The van der Waals surface area contributed by atoms with Crippen molar-refractivity contribution in [1.82, 2.24) is 14.5 Å². The van der Waals surface area contributed by atoms with Crippen LogP contribution in [0.25, 0.3) is 0 Å². The average molecular weight is 313 g/mol. The van der Waals surface area contributed by atoms with E-state index in [1.807, 2.05) is 0 Å². The van der Waals surface area contributed by atoms with Crippen LogP contribution in [-0.4, -0.2) is 35.8 Å². The molecule has 2 aromatic rings. The Morgan fingerprint density at radius 1 is 1.52 bits per heavy atom. The lowest BCUT2D eigenvalue weighted by atomic mass is 10.3. The van der Waals surface area contributed by atoms with Crippen LogP contribution in [-0.2, 0) is 23.5 Å². The smallest absolute Gasteiger partial charge is 0.371 e. The molecule has 0 aromatic carbocycles. The van der Waals surface area contributed by atoms with Gasteiger partial charge in [-0.15, -0.1) is 0 Å². The zero-order valence-electron chi connectivity index (χ0n) is 11.5. The Balaban J connectivity index is 2.08. The average Bonchev–Trinajstić information content (AvgIpc) is 2.96. The number of carboxylic acid groups (broad SMARTS) is 1. The summed E-state index contributed by atoms with van der Waals surface area (Å²) >= 11 is 0. The highest BCUT2D eigenvalue weighted by Gasteiger charge is 2.23. The summed E-state index contributed by atoms with van der Waals surface area (Å²) in [4.78, 5) is 10.6. The predicted molar refractivity (Wildman–Crippen MR) is 72.5 cm³/mol. The van der Waals surface area contributed by atoms with Crippen molar-refractivity contribution in [2.75, 3.05) is 6.54 Å². The molecule has 2 rings (SSSR count). The fourth-order valence-corrected chi connectivity index (χ4v) is 3.08. The van der Waals surface area contributed by atoms with E-state index in [-0.39, 0.29) is 17.2 Å². The molecule has 2 N–H and O–H groups in total. The van der Waals surface area contributed by atoms with Gasteiger partial charge in [0.1, 0.15) is 10.7 Å². The zero-order chi connectivity index (χ0) is 15.6. The Morgan fingerprint density at radius 2 is 2.24 bits per heavy atom. The van der Waals surface area contributed by atoms with Gasteiger partial charge in [0.15, 0.2) is 0 Å². The molecule has 0 saturated heterocycles. The van der Waals surface area contributed by atoms with Crippen LogP contribution in [0.15, 0.2) is 27.6 Å². The molecule has 2 heterocycles. The lowest BCUT2D eigenvalue weighted by Crippen LogP contribution is -2.26. The van der Waals surface area contributed by atoms with Crippen molar-refractivity contribution < 1.29 is 22.7 Å². The number of nitrogens with zero attached hydrogens (tertiary/aromatic N) is 2. The van der Waals surface area contributed by atoms with Crippen molar-refractivity contribution >= 4 is 16.0 Å². The number of nitrogens with one attached hydrogen (secondary N) is 1. The van der Waals surface area contributed by atoms with Gasteiger partial charge in [0.25, 0.3) is 0 Å². The molecule has 21 heavy (non-hydrogen) atoms. The number of carboxylic acids is 1. The van der Waals surface area contributed by atoms with Crippen LogP contribution in [0.5, 0.6) is 0 Å². The Morgan fingerprint density at radius 3 is 2.76 bits per heavy atom. The quantitative estimate of drug-likeness (QED) is 0.804. The van der Waals surface area contributed by atoms with E-state index >= 15 is 0 Å². The minimum absolute atomic E-state index is 0.0421. The first-order chi connectivity index (χ1) is 9.81. The second-order valence-corrected chi connectivity index (χ2v) is 6.17. The van der Waals surface area contributed by atoms with Crippen LogP contribution in [0.2, 0.25) is 0 Å². The minimum Gasteiger partial charge on any atom is -0.475 e. The van der Waals surface area contributed by atoms with Crippen LogP contribution in [0.3, 0.4) is 0 Å². The van der Waals surface area contributed by atoms with Crippen LogP contribution in [0, 0.1) is 6.92 Å². The van der Waals surface area contributed by atoms with Crippen LogP contribution in [0.1, 0.15) is 22.0 Å². The molecule has 0 bridgehead atoms. The Bertz CT molecular complexity index is 760. The van der Waals surface area contributed by atoms with Gasteiger partial charge in [-0.1, -0.05) is 0 Å². The topological polar surface area (TPSA) is 114 Å². The largest absolute Gasteiger partial charge is 0.475 e. The molecule has 0 aliphatic carbocycles. The summed E-state index contributed by atoms with van der Waals surface area (Å²) in [6.45, 7) is 1.58. The summed E-state index contributed by atoms with van der Waals surface area (Å²) in [6, 6.07) is 2.80. The maximum absolute atomic E-state index is 12.1. The fourth-order valence-electron chi connectivity index (χ4n) is 1.88. The van der Waals surface area contributed by atoms with E-state index in [4.69, 9.17) is 9.52 Å². The van der Waals surface area contributed by atoms with Crippen molar-refractivity contribution in [2.45, 2.75) is 18.2 Å². The van der Waals surface area contributed by atoms with Gasteiger partial charge in [-0.3, -0.25) is 4.68 Å². The third-order valence-electron chi connectivity index (χ3n) is 2.97. The van der Waals surface area contributed by atoms with E-state index < -0.39 is 21.8 Å². The van der Waals surface area contributed by atoms with Gasteiger partial charge in [0.05, 0.1) is 0 Å². The Kier molecular flexibility index (Phi) is 4.14. The molecule has 8 nitrogen and oxygen atoms in total. The van der Waals surface area contributed by atoms with Crippen LogP contribution < -0.4 is 4.72 Å². The van der Waals surface area contributed by atoms with Gasteiger partial charge in [0, 0.05) is 38.0 Å². The summed E-state index contributed by atoms with van der Waals surface area (Å²) in [5.41, 5.74) is 0.882. The molecule has 0 unspecified atom stereocenters. The number of sulfonamides is 1. The van der Waals surface area contributed by atoms with E-state index in [0.29, 0.717) is 6.42 Å². The van der Waals surface area contributed by atoms with Crippen LogP contribution >= 0.6 is 0 Å². The normalized spacial score (nSPS) is 11.7. The monoisotopic (exact) mass is 313 g/mol. The van der Waals surface area contributed by atoms with Gasteiger partial charge < -0.3 is 9.52 Å². The molecular formula is C12H15N3O5S. The molecule has 2 aromatic heterocycles. The van der Waals surface area contributed by atoms with Crippen molar-refractivity contribution in [3.63, 3.8) is 0 Å². The third kappa shape index (κ3) is 3.31. The van der Waals surface area contributed by atoms with Crippen LogP contribution in [0.4, 0.5) is 0 Å². The molecule has 0 radical (unpaired) electrons. The second-order valence-electron chi connectivity index (χ2n) is 4.43. The molecule has 0 spiro atoms. The summed E-state index contributed by atoms with van der Waals surface area (Å²) < 4.78 is 33.2. The summed E-state index contributed by atoms with van der Waals surface area (Å²) in [5, 5.41) is 12.8. The van der Waals surface area contributed by atoms with Gasteiger partial charge in [-0.05, 0) is 13.0 Å². The molecule has 9 heteroatoms. The molecule has 0 saturated carbocycles. The standard InChI is InChI=1S/C12H15N3O5S/c1-8-11(7-10(20-8)12(16)17)21(18,19)14-6-4-9-3-5-13-15(9)2/h3,5,7,14H,4,6H2,1-2H3,(H,16,17). The first kappa shape index (κ1) is 15.3. The van der Waals surface area contributed by atoms with E-state index in [9.17, 15) is 13.2 Å². The SMILES string of the molecule is Cc1oc(C(=O)O)cc1S(=O)(=O)NCCc1ccnn1C. The number of hydrogen-bond donors (Lipinski definition) is 2. The first-order valence-corrected chi connectivity index (χ1v) is 7.60. The van der Waals surface area contributed by atoms with Gasteiger partial charge in [0.2, 0.25) is 15.8 Å². The Hall–Kier alpha value is -2.13. The number of rotatable bonds is 6. The highest BCUT2D eigenvalue weighted by molar-refractivity contribution is 7.89. The van der Waals surface area contributed by atoms with E-state index in [2.05, 4.69) is 9.82 Å². The highest BCUT2D eigenvalue weighted by atomic mass is 32.2. The molecule has 114 valence electrons. The maximum Gasteiger partial charge on any atom is 0.371 e. The predicted octanol–water partition coefficient (Wildman–Crippen LogP) is 0.541. The van der Waals surface area contributed by atoms with E-state index in [1.165, 1.54) is 6.92 Å². The number of aromatic carboxylic acids is 1.